The molecule has 37 heavy (non-hydrogen) atoms. The van der Waals surface area contributed by atoms with E-state index in [1.807, 2.05) is 18.3 Å². The van der Waals surface area contributed by atoms with Crippen LogP contribution < -0.4 is 0 Å². The first-order chi connectivity index (χ1) is 17.1. The summed E-state index contributed by atoms with van der Waals surface area (Å²) in [5.41, 5.74) is 6.43. The summed E-state index contributed by atoms with van der Waals surface area (Å²) in [6.45, 7) is 20.2. The first-order valence-corrected chi connectivity index (χ1v) is 13.5. The van der Waals surface area contributed by atoms with E-state index in [1.165, 1.54) is 22.4 Å². The highest BCUT2D eigenvalue weighted by molar-refractivity contribution is 6.03. The van der Waals surface area contributed by atoms with Crippen LogP contribution in [0.3, 0.4) is 0 Å². The summed E-state index contributed by atoms with van der Waals surface area (Å²) in [7, 11) is 0. The molecular formula is C35H49NO. The number of nitrogens with zero attached hydrogens (tertiary/aromatic N) is 1. The van der Waals surface area contributed by atoms with Crippen LogP contribution in [0.1, 0.15) is 79.9 Å². The lowest BCUT2D eigenvalue weighted by Gasteiger charge is -2.22. The molecule has 1 aliphatic carbocycles. The number of allylic oxidation sites excluding steroid dienone is 5. The highest BCUT2D eigenvalue weighted by Gasteiger charge is 2.25. The van der Waals surface area contributed by atoms with Gasteiger partial charge in [0.2, 0.25) is 0 Å². The molecule has 0 radical (unpaired) electrons. The van der Waals surface area contributed by atoms with Gasteiger partial charge in [-0.25, -0.2) is 0 Å². The largest absolute Gasteiger partial charge is 0.508 e. The second-order valence-electron chi connectivity index (χ2n) is 13.8. The number of phenolic OH excluding ortho intramolecular Hbond substituents is 1. The average Bonchev–Trinajstić information content (AvgIpc) is 3.16. The van der Waals surface area contributed by atoms with Crippen LogP contribution >= 0.6 is 0 Å². The first-order valence-electron chi connectivity index (χ1n) is 13.5. The van der Waals surface area contributed by atoms with E-state index in [1.54, 1.807) is 12.1 Å². The number of hydrogen-bond donors (Lipinski definition) is 1. The molecule has 2 aromatic carbocycles. The van der Waals surface area contributed by atoms with Gasteiger partial charge in [-0.15, -0.1) is 0 Å². The fourth-order valence-corrected chi connectivity index (χ4v) is 4.41. The van der Waals surface area contributed by atoms with Crippen LogP contribution in [-0.2, 0) is 12.8 Å². The van der Waals surface area contributed by atoms with Crippen LogP contribution in [-0.4, -0.2) is 10.8 Å². The summed E-state index contributed by atoms with van der Waals surface area (Å²) in [4.78, 5) is 4.44. The summed E-state index contributed by atoms with van der Waals surface area (Å²) in [5.74, 6) is 0.798. The number of aromatic hydroxyl groups is 1. The lowest BCUT2D eigenvalue weighted by molar-refractivity contribution is 0.403. The molecule has 2 heteroatoms. The Morgan fingerprint density at radius 1 is 0.649 bits per heavy atom. The molecule has 0 saturated heterocycles. The van der Waals surface area contributed by atoms with Gasteiger partial charge in [0.05, 0.1) is 5.71 Å². The molecule has 0 amide bonds. The SMILES string of the molecule is CC(C)(C)CC1=CN=C2C=CC=CC12.CC(C)(C)Cc1ccc(O)cc1.CC(C)(C)Cc1ccccc1. The molecule has 1 unspecified atom stereocenters. The van der Waals surface area contributed by atoms with Gasteiger partial charge in [0.1, 0.15) is 5.75 Å². The van der Waals surface area contributed by atoms with Gasteiger partial charge in [0, 0.05) is 12.1 Å². The van der Waals surface area contributed by atoms with Crippen molar-refractivity contribution < 1.29 is 5.11 Å². The lowest BCUT2D eigenvalue weighted by Crippen LogP contribution is -2.15. The van der Waals surface area contributed by atoms with Crippen LogP contribution in [0, 0.1) is 22.2 Å². The van der Waals surface area contributed by atoms with Crippen LogP contribution in [0.2, 0.25) is 0 Å². The minimum Gasteiger partial charge on any atom is -0.508 e. The van der Waals surface area contributed by atoms with Gasteiger partial charge in [-0.05, 0) is 70.4 Å². The molecule has 0 spiro atoms. The van der Waals surface area contributed by atoms with Gasteiger partial charge in [-0.2, -0.15) is 0 Å². The monoisotopic (exact) mass is 499 g/mol. The van der Waals surface area contributed by atoms with E-state index in [9.17, 15) is 0 Å². The number of phenols is 1. The van der Waals surface area contributed by atoms with E-state index in [4.69, 9.17) is 5.11 Å². The number of fused-ring (bicyclic) bond motifs is 1. The molecule has 1 heterocycles. The maximum Gasteiger partial charge on any atom is 0.115 e. The van der Waals surface area contributed by atoms with Crippen LogP contribution in [0.15, 0.2) is 95.7 Å². The van der Waals surface area contributed by atoms with Crippen LogP contribution in [0.5, 0.6) is 5.75 Å². The summed E-state index contributed by atoms with van der Waals surface area (Å²) < 4.78 is 0. The summed E-state index contributed by atoms with van der Waals surface area (Å²) in [6.07, 6.45) is 13.9. The Morgan fingerprint density at radius 3 is 1.68 bits per heavy atom. The second kappa shape index (κ2) is 13.1. The molecule has 1 atom stereocenters. The number of hydrogen-bond acceptors (Lipinski definition) is 2. The summed E-state index contributed by atoms with van der Waals surface area (Å²) in [6, 6.07) is 18.0. The molecule has 2 nitrogen and oxygen atoms in total. The maximum atomic E-state index is 9.05. The number of benzene rings is 2. The molecule has 2 aliphatic rings. The molecule has 4 rings (SSSR count). The van der Waals surface area contributed by atoms with Crippen molar-refractivity contribution in [1.82, 2.24) is 0 Å². The van der Waals surface area contributed by atoms with Gasteiger partial charge in [-0.1, -0.05) is 123 Å². The molecular weight excluding hydrogens is 450 g/mol. The highest BCUT2D eigenvalue weighted by Crippen LogP contribution is 2.34. The highest BCUT2D eigenvalue weighted by atomic mass is 16.3. The van der Waals surface area contributed by atoms with Crippen LogP contribution in [0.25, 0.3) is 0 Å². The fourth-order valence-electron chi connectivity index (χ4n) is 4.41. The zero-order chi connectivity index (χ0) is 27.7. The zero-order valence-corrected chi connectivity index (χ0v) is 24.7. The van der Waals surface area contributed by atoms with Gasteiger partial charge in [0.15, 0.2) is 0 Å². The Balaban J connectivity index is 0.000000197. The van der Waals surface area contributed by atoms with Crippen molar-refractivity contribution in [3.05, 3.63) is 102 Å². The van der Waals surface area contributed by atoms with Crippen molar-refractivity contribution in [3.8, 4) is 5.75 Å². The van der Waals surface area contributed by atoms with Crippen LogP contribution in [0.4, 0.5) is 0 Å². The molecule has 2 aromatic rings. The third-order valence-electron chi connectivity index (χ3n) is 5.76. The van der Waals surface area contributed by atoms with Gasteiger partial charge in [-0.3, -0.25) is 4.99 Å². The zero-order valence-electron chi connectivity index (χ0n) is 24.7. The summed E-state index contributed by atoms with van der Waals surface area (Å²) in [5, 5.41) is 9.05. The Bertz CT molecular complexity index is 1080. The average molecular weight is 500 g/mol. The van der Waals surface area contributed by atoms with E-state index < -0.39 is 0 Å². The molecule has 200 valence electrons. The molecule has 1 N–H and O–H groups in total. The Morgan fingerprint density at radius 2 is 1.16 bits per heavy atom. The molecule has 0 aromatic heterocycles. The van der Waals surface area contributed by atoms with Gasteiger partial charge >= 0.3 is 0 Å². The van der Waals surface area contributed by atoms with Crippen molar-refractivity contribution in [1.29, 1.82) is 0 Å². The molecule has 0 fully saturated rings. The van der Waals surface area contributed by atoms with E-state index >= 15 is 0 Å². The Hall–Kier alpha value is -2.87. The predicted octanol–water partition coefficient (Wildman–Crippen LogP) is 9.76. The van der Waals surface area contributed by atoms with E-state index in [-0.39, 0.29) is 0 Å². The first kappa shape index (κ1) is 30.4. The van der Waals surface area contributed by atoms with Gasteiger partial charge < -0.3 is 5.11 Å². The van der Waals surface area contributed by atoms with Crippen molar-refractivity contribution in [2.45, 2.75) is 81.6 Å². The predicted molar refractivity (Wildman–Crippen MR) is 162 cm³/mol. The normalized spacial score (nSPS) is 16.5. The Kier molecular flexibility index (Phi) is 10.7. The van der Waals surface area contributed by atoms with Crippen molar-refractivity contribution in [3.63, 3.8) is 0 Å². The number of aliphatic imine (C=N–C) groups is 1. The standard InChI is InChI=1S/C13H17N.C11H16O.C11H16/c1-13(2,3)8-10-9-14-12-7-5-4-6-11(10)12;1-11(2,3)8-9-4-6-10(12)7-5-9;1-11(2,3)9-10-7-5-4-6-8-10/h4-7,9,11H,8H2,1-3H3;4-7,12H,8H2,1-3H3;4-8H,9H2,1-3H3. The van der Waals surface area contributed by atoms with Crippen molar-refractivity contribution in [2.24, 2.45) is 27.2 Å². The van der Waals surface area contributed by atoms with E-state index in [2.05, 4.69) is 122 Å². The van der Waals surface area contributed by atoms with E-state index in [0.717, 1.165) is 19.3 Å². The summed E-state index contributed by atoms with van der Waals surface area (Å²) >= 11 is 0. The maximum absolute atomic E-state index is 9.05. The molecule has 0 saturated carbocycles. The third kappa shape index (κ3) is 12.8. The minimum atomic E-state index is 0.316. The molecule has 0 bridgehead atoms. The topological polar surface area (TPSA) is 32.6 Å². The van der Waals surface area contributed by atoms with Gasteiger partial charge in [0.25, 0.3) is 0 Å². The Labute approximate surface area is 227 Å². The smallest absolute Gasteiger partial charge is 0.115 e. The fraction of sp³-hybridized carbons (Fsp3) is 0.457. The van der Waals surface area contributed by atoms with Crippen molar-refractivity contribution in [2.75, 3.05) is 0 Å². The second-order valence-corrected chi connectivity index (χ2v) is 13.8. The molecule has 1 aliphatic heterocycles. The van der Waals surface area contributed by atoms with Crippen molar-refractivity contribution >= 4 is 5.71 Å². The third-order valence-corrected chi connectivity index (χ3v) is 5.76. The minimum absolute atomic E-state index is 0.316. The lowest BCUT2D eigenvalue weighted by atomic mass is 9.81. The quantitative estimate of drug-likeness (QED) is 0.448. The van der Waals surface area contributed by atoms with E-state index in [0.29, 0.717) is 27.9 Å². The number of rotatable bonds is 3.